The molecule has 18 heavy (non-hydrogen) atoms. The van der Waals surface area contributed by atoms with Gasteiger partial charge in [-0.05, 0) is 25.0 Å². The van der Waals surface area contributed by atoms with Gasteiger partial charge in [-0.2, -0.15) is 0 Å². The van der Waals surface area contributed by atoms with Crippen LogP contribution in [0.3, 0.4) is 0 Å². The molecule has 0 saturated heterocycles. The predicted molar refractivity (Wildman–Crippen MR) is 71.3 cm³/mol. The van der Waals surface area contributed by atoms with Gasteiger partial charge in [-0.1, -0.05) is 34.5 Å². The van der Waals surface area contributed by atoms with Crippen molar-refractivity contribution in [2.24, 2.45) is 5.92 Å². The number of benzene rings is 1. The Balaban J connectivity index is 2.88. The summed E-state index contributed by atoms with van der Waals surface area (Å²) < 4.78 is 26.7. The second-order valence-electron chi connectivity index (χ2n) is 4.14. The minimum absolute atomic E-state index is 0.157. The van der Waals surface area contributed by atoms with Crippen LogP contribution in [-0.2, 0) is 0 Å². The Morgan fingerprint density at radius 3 is 2.56 bits per heavy atom. The molecular formula is C12H13BrClF2NO. The van der Waals surface area contributed by atoms with Gasteiger partial charge in [-0.25, -0.2) is 8.78 Å². The number of nitrogens with one attached hydrogen (secondary N) is 1. The highest BCUT2D eigenvalue weighted by molar-refractivity contribution is 9.09. The molecule has 0 fully saturated rings. The Morgan fingerprint density at radius 1 is 1.39 bits per heavy atom. The first-order valence-corrected chi connectivity index (χ1v) is 6.88. The third-order valence-corrected chi connectivity index (χ3v) is 4.02. The molecule has 0 aliphatic heterocycles. The maximum atomic E-state index is 13.5. The average molecular weight is 341 g/mol. The minimum atomic E-state index is -0.836. The first-order chi connectivity index (χ1) is 8.36. The van der Waals surface area contributed by atoms with E-state index in [4.69, 9.17) is 11.6 Å². The largest absolute Gasteiger partial charge is 0.349 e. The molecule has 0 aromatic heterocycles. The van der Waals surface area contributed by atoms with Crippen molar-refractivity contribution in [3.8, 4) is 0 Å². The minimum Gasteiger partial charge on any atom is -0.349 e. The van der Waals surface area contributed by atoms with E-state index in [-0.39, 0.29) is 22.5 Å². The van der Waals surface area contributed by atoms with Gasteiger partial charge < -0.3 is 5.32 Å². The van der Waals surface area contributed by atoms with Crippen molar-refractivity contribution >= 4 is 33.4 Å². The summed E-state index contributed by atoms with van der Waals surface area (Å²) >= 11 is 8.71. The Morgan fingerprint density at radius 2 is 2.00 bits per heavy atom. The molecule has 1 rings (SSSR count). The van der Waals surface area contributed by atoms with E-state index in [1.807, 2.05) is 6.92 Å². The lowest BCUT2D eigenvalue weighted by molar-refractivity contribution is 0.0926. The molecule has 2 nitrogen and oxygen atoms in total. The van der Waals surface area contributed by atoms with E-state index < -0.39 is 17.5 Å². The van der Waals surface area contributed by atoms with Crippen molar-refractivity contribution in [3.63, 3.8) is 0 Å². The van der Waals surface area contributed by atoms with Crippen molar-refractivity contribution < 1.29 is 13.6 Å². The van der Waals surface area contributed by atoms with Gasteiger partial charge in [0.15, 0.2) is 0 Å². The Kier molecular flexibility index (Phi) is 5.53. The molecule has 1 aromatic carbocycles. The number of rotatable bonds is 4. The first kappa shape index (κ1) is 15.4. The zero-order valence-corrected chi connectivity index (χ0v) is 12.3. The van der Waals surface area contributed by atoms with E-state index in [1.165, 1.54) is 0 Å². The molecular weight excluding hydrogens is 327 g/mol. The van der Waals surface area contributed by atoms with Gasteiger partial charge in [0.25, 0.3) is 5.91 Å². The Bertz CT molecular complexity index is 456. The van der Waals surface area contributed by atoms with Gasteiger partial charge in [0, 0.05) is 11.4 Å². The van der Waals surface area contributed by atoms with Crippen molar-refractivity contribution in [3.05, 3.63) is 34.4 Å². The summed E-state index contributed by atoms with van der Waals surface area (Å²) in [4.78, 5) is 11.8. The number of halogens is 4. The van der Waals surface area contributed by atoms with Crippen molar-refractivity contribution in [1.82, 2.24) is 5.32 Å². The van der Waals surface area contributed by atoms with Crippen LogP contribution in [0.25, 0.3) is 0 Å². The summed E-state index contributed by atoms with van der Waals surface area (Å²) in [5.74, 6) is -2.13. The molecule has 1 amide bonds. The lowest BCUT2D eigenvalue weighted by Gasteiger charge is -2.19. The summed E-state index contributed by atoms with van der Waals surface area (Å²) in [5.41, 5.74) is -0.342. The van der Waals surface area contributed by atoms with Crippen LogP contribution in [0.2, 0.25) is 5.02 Å². The molecule has 2 atom stereocenters. The second kappa shape index (κ2) is 6.48. The summed E-state index contributed by atoms with van der Waals surface area (Å²) in [6, 6.07) is 1.44. The van der Waals surface area contributed by atoms with Crippen LogP contribution in [0.1, 0.15) is 24.2 Å². The highest BCUT2D eigenvalue weighted by Crippen LogP contribution is 2.19. The Labute approximate surface area is 118 Å². The number of alkyl halides is 1. The SMILES string of the molecule is CC(CBr)C(C)NC(=O)c1cc(F)c(Cl)cc1F. The maximum absolute atomic E-state index is 13.5. The van der Waals surface area contributed by atoms with Gasteiger partial charge in [0.2, 0.25) is 0 Å². The molecule has 0 aliphatic rings. The van der Waals surface area contributed by atoms with Crippen LogP contribution in [0.4, 0.5) is 8.78 Å². The van der Waals surface area contributed by atoms with E-state index in [9.17, 15) is 13.6 Å². The summed E-state index contributed by atoms with van der Waals surface area (Å²) in [5, 5.41) is 2.97. The Hall–Kier alpha value is -0.680. The molecule has 6 heteroatoms. The number of carbonyl (C=O) groups excluding carboxylic acids is 1. The summed E-state index contributed by atoms with van der Waals surface area (Å²) in [6.07, 6.45) is 0. The molecule has 2 unspecified atom stereocenters. The van der Waals surface area contributed by atoms with E-state index in [1.54, 1.807) is 6.92 Å². The number of hydrogen-bond acceptors (Lipinski definition) is 1. The van der Waals surface area contributed by atoms with Gasteiger partial charge in [-0.3, -0.25) is 4.79 Å². The maximum Gasteiger partial charge on any atom is 0.254 e. The van der Waals surface area contributed by atoms with Crippen molar-refractivity contribution in [1.29, 1.82) is 0 Å². The number of amides is 1. The molecule has 0 heterocycles. The van der Waals surface area contributed by atoms with E-state index in [2.05, 4.69) is 21.2 Å². The van der Waals surface area contributed by atoms with Gasteiger partial charge >= 0.3 is 0 Å². The predicted octanol–water partition coefficient (Wildman–Crippen LogP) is 3.77. The quantitative estimate of drug-likeness (QED) is 0.656. The fourth-order valence-electron chi connectivity index (χ4n) is 1.26. The monoisotopic (exact) mass is 339 g/mol. The topological polar surface area (TPSA) is 29.1 Å². The number of hydrogen-bond donors (Lipinski definition) is 1. The molecule has 100 valence electrons. The average Bonchev–Trinajstić information content (AvgIpc) is 2.32. The molecule has 1 N–H and O–H groups in total. The smallest absolute Gasteiger partial charge is 0.254 e. The molecule has 1 aromatic rings. The second-order valence-corrected chi connectivity index (χ2v) is 5.19. The summed E-state index contributed by atoms with van der Waals surface area (Å²) in [6.45, 7) is 3.73. The van der Waals surface area contributed by atoms with Gasteiger partial charge in [0.05, 0.1) is 10.6 Å². The zero-order chi connectivity index (χ0) is 13.9. The molecule has 0 radical (unpaired) electrons. The van der Waals surface area contributed by atoms with Crippen LogP contribution in [0.15, 0.2) is 12.1 Å². The molecule has 0 saturated carbocycles. The van der Waals surface area contributed by atoms with Gasteiger partial charge in [-0.15, -0.1) is 0 Å². The van der Waals surface area contributed by atoms with Crippen molar-refractivity contribution in [2.45, 2.75) is 19.9 Å². The van der Waals surface area contributed by atoms with Gasteiger partial charge in [0.1, 0.15) is 11.6 Å². The van der Waals surface area contributed by atoms with Crippen LogP contribution >= 0.6 is 27.5 Å². The van der Waals surface area contributed by atoms with Crippen LogP contribution in [-0.4, -0.2) is 17.3 Å². The third kappa shape index (κ3) is 3.65. The van der Waals surface area contributed by atoms with Crippen LogP contribution in [0.5, 0.6) is 0 Å². The lowest BCUT2D eigenvalue weighted by Crippen LogP contribution is -2.38. The molecule has 0 bridgehead atoms. The van der Waals surface area contributed by atoms with Crippen LogP contribution in [0, 0.1) is 17.6 Å². The fourth-order valence-corrected chi connectivity index (χ4v) is 1.97. The lowest BCUT2D eigenvalue weighted by atomic mass is 10.1. The van der Waals surface area contributed by atoms with Crippen LogP contribution < -0.4 is 5.32 Å². The normalized spacial score (nSPS) is 14.1. The summed E-state index contributed by atoms with van der Waals surface area (Å²) in [7, 11) is 0. The van der Waals surface area contributed by atoms with E-state index in [0.717, 1.165) is 12.1 Å². The zero-order valence-electron chi connectivity index (χ0n) is 9.94. The molecule has 0 spiro atoms. The highest BCUT2D eigenvalue weighted by atomic mass is 79.9. The van der Waals surface area contributed by atoms with E-state index in [0.29, 0.717) is 5.33 Å². The number of carbonyl (C=O) groups is 1. The highest BCUT2D eigenvalue weighted by Gasteiger charge is 2.19. The van der Waals surface area contributed by atoms with E-state index >= 15 is 0 Å². The molecule has 0 aliphatic carbocycles. The standard InChI is InChI=1S/C12H13BrClF2NO/c1-6(5-13)7(2)17-12(18)8-3-11(16)9(14)4-10(8)15/h3-4,6-7H,5H2,1-2H3,(H,17,18). The van der Waals surface area contributed by atoms with Crippen molar-refractivity contribution in [2.75, 3.05) is 5.33 Å². The fraction of sp³-hybridized carbons (Fsp3) is 0.417. The third-order valence-electron chi connectivity index (χ3n) is 2.71. The first-order valence-electron chi connectivity index (χ1n) is 5.38.